The van der Waals surface area contributed by atoms with Crippen LogP contribution in [-0.4, -0.2) is 28.8 Å². The third-order valence-corrected chi connectivity index (χ3v) is 6.40. The first kappa shape index (κ1) is 21.7. The van der Waals surface area contributed by atoms with Crippen molar-refractivity contribution in [3.8, 4) is 16.9 Å². The van der Waals surface area contributed by atoms with E-state index < -0.39 is 5.60 Å². The number of aromatic nitrogens is 3. The highest BCUT2D eigenvalue weighted by Gasteiger charge is 2.38. The highest BCUT2D eigenvalue weighted by atomic mass is 16.5. The Bertz CT molecular complexity index is 1510. The largest absolute Gasteiger partial charge is 0.497 e. The number of aryl methyl sites for hydroxylation is 1. The van der Waals surface area contributed by atoms with Gasteiger partial charge in [-0.2, -0.15) is 0 Å². The number of rotatable bonds is 6. The van der Waals surface area contributed by atoms with Gasteiger partial charge >= 0.3 is 0 Å². The van der Waals surface area contributed by atoms with Crippen LogP contribution in [0.2, 0.25) is 0 Å². The van der Waals surface area contributed by atoms with E-state index >= 15 is 0 Å². The number of aromatic amines is 1. The van der Waals surface area contributed by atoms with E-state index in [9.17, 15) is 4.79 Å². The van der Waals surface area contributed by atoms with Crippen molar-refractivity contribution in [1.82, 2.24) is 14.5 Å². The molecule has 170 valence electrons. The van der Waals surface area contributed by atoms with E-state index in [1.165, 1.54) is 0 Å². The molecule has 1 atom stereocenters. The van der Waals surface area contributed by atoms with Crippen LogP contribution in [-0.2, 0) is 17.4 Å². The lowest BCUT2D eigenvalue weighted by Gasteiger charge is -2.33. The van der Waals surface area contributed by atoms with Crippen molar-refractivity contribution in [2.24, 2.45) is 7.05 Å². The quantitative estimate of drug-likeness (QED) is 0.400. The summed E-state index contributed by atoms with van der Waals surface area (Å²) in [6, 6.07) is 25.5. The molecular formula is C28H25N3O3. The maximum Gasteiger partial charge on any atom is 0.251 e. The molecule has 0 aliphatic carbocycles. The number of methoxy groups -OCH3 is 2. The van der Waals surface area contributed by atoms with E-state index in [-0.39, 0.29) is 5.56 Å². The second-order valence-corrected chi connectivity index (χ2v) is 8.14. The Balaban J connectivity index is 1.85. The fraction of sp³-hybridized carbons (Fsp3) is 0.143. The van der Waals surface area contributed by atoms with Gasteiger partial charge in [0.15, 0.2) is 5.60 Å². The summed E-state index contributed by atoms with van der Waals surface area (Å²) < 4.78 is 13.5. The number of imidazole rings is 1. The highest BCUT2D eigenvalue weighted by Crippen LogP contribution is 2.41. The third kappa shape index (κ3) is 3.40. The van der Waals surface area contributed by atoms with Crippen LogP contribution in [0, 0.1) is 0 Å². The predicted molar refractivity (Wildman–Crippen MR) is 133 cm³/mol. The van der Waals surface area contributed by atoms with Gasteiger partial charge in [0.25, 0.3) is 5.56 Å². The van der Waals surface area contributed by atoms with E-state index in [1.54, 1.807) is 44.4 Å². The van der Waals surface area contributed by atoms with Crippen LogP contribution in [0.5, 0.6) is 5.75 Å². The fourth-order valence-electron chi connectivity index (χ4n) is 4.65. The van der Waals surface area contributed by atoms with Crippen molar-refractivity contribution in [1.29, 1.82) is 0 Å². The SMILES string of the molecule is COc1cccc(C(OC)(c2ccc3c(c2)c(-c2ccccc2)cc(=O)n3C)c2cnc[nH]2)c1. The van der Waals surface area contributed by atoms with E-state index in [0.29, 0.717) is 0 Å². The number of fused-ring (bicyclic) bond motifs is 1. The van der Waals surface area contributed by atoms with Crippen molar-refractivity contribution in [3.05, 3.63) is 119 Å². The number of benzene rings is 3. The first-order valence-electron chi connectivity index (χ1n) is 11.0. The molecule has 34 heavy (non-hydrogen) atoms. The number of ether oxygens (including phenoxy) is 2. The normalized spacial score (nSPS) is 13.0. The summed E-state index contributed by atoms with van der Waals surface area (Å²) in [5.41, 5.74) is 4.25. The number of nitrogens with zero attached hydrogens (tertiary/aromatic N) is 2. The Morgan fingerprint density at radius 3 is 2.41 bits per heavy atom. The molecule has 1 N–H and O–H groups in total. The van der Waals surface area contributed by atoms with Crippen LogP contribution in [0.3, 0.4) is 0 Å². The number of hydrogen-bond acceptors (Lipinski definition) is 4. The number of nitrogens with one attached hydrogen (secondary N) is 1. The smallest absolute Gasteiger partial charge is 0.251 e. The van der Waals surface area contributed by atoms with Gasteiger partial charge in [0.05, 0.1) is 30.8 Å². The molecule has 5 rings (SSSR count). The molecule has 0 fully saturated rings. The molecule has 0 radical (unpaired) electrons. The van der Waals surface area contributed by atoms with E-state index in [1.807, 2.05) is 66.7 Å². The molecule has 5 aromatic rings. The topological polar surface area (TPSA) is 69.1 Å². The number of hydrogen-bond donors (Lipinski definition) is 1. The molecule has 6 heteroatoms. The Morgan fingerprint density at radius 2 is 1.71 bits per heavy atom. The molecule has 0 aliphatic heterocycles. The van der Waals surface area contributed by atoms with Crippen LogP contribution in [0.1, 0.15) is 16.8 Å². The molecular weight excluding hydrogens is 426 g/mol. The Hall–Kier alpha value is -4.16. The van der Waals surface area contributed by atoms with Crippen molar-refractivity contribution in [2.75, 3.05) is 14.2 Å². The van der Waals surface area contributed by atoms with Gasteiger partial charge in [-0.25, -0.2) is 4.98 Å². The maximum absolute atomic E-state index is 12.8. The average molecular weight is 452 g/mol. The number of H-pyrrole nitrogens is 1. The van der Waals surface area contributed by atoms with Gasteiger partial charge in [-0.05, 0) is 46.5 Å². The van der Waals surface area contributed by atoms with Gasteiger partial charge < -0.3 is 19.0 Å². The van der Waals surface area contributed by atoms with E-state index in [4.69, 9.17) is 9.47 Å². The molecule has 2 aromatic heterocycles. The maximum atomic E-state index is 12.8. The molecule has 2 heterocycles. The van der Waals surface area contributed by atoms with Crippen molar-refractivity contribution in [2.45, 2.75) is 5.60 Å². The third-order valence-electron chi connectivity index (χ3n) is 6.40. The van der Waals surface area contributed by atoms with Crippen LogP contribution < -0.4 is 10.3 Å². The van der Waals surface area contributed by atoms with Crippen LogP contribution >= 0.6 is 0 Å². The van der Waals surface area contributed by atoms with E-state index in [2.05, 4.69) is 16.0 Å². The van der Waals surface area contributed by atoms with Gasteiger partial charge in [-0.1, -0.05) is 48.5 Å². The first-order chi connectivity index (χ1) is 16.6. The summed E-state index contributed by atoms with van der Waals surface area (Å²) in [6.45, 7) is 0. The van der Waals surface area contributed by atoms with Gasteiger partial charge in [0.1, 0.15) is 5.75 Å². The zero-order valence-electron chi connectivity index (χ0n) is 19.3. The standard InChI is InChI=1S/C28H25N3O3/c1-31-25-13-12-21(15-24(25)23(16-27(31)32)19-8-5-4-6-9-19)28(34-3,26-17-29-18-30-26)20-10-7-11-22(14-20)33-2/h4-18H,1-3H3,(H,29,30). The molecule has 0 saturated heterocycles. The van der Waals surface area contributed by atoms with Crippen LogP contribution in [0.4, 0.5) is 0 Å². The van der Waals surface area contributed by atoms with Gasteiger partial charge in [0.2, 0.25) is 0 Å². The van der Waals surface area contributed by atoms with Crippen LogP contribution in [0.15, 0.2) is 96.2 Å². The summed E-state index contributed by atoms with van der Waals surface area (Å²) in [4.78, 5) is 20.3. The summed E-state index contributed by atoms with van der Waals surface area (Å²) in [7, 11) is 5.12. The first-order valence-corrected chi connectivity index (χ1v) is 11.0. The Morgan fingerprint density at radius 1 is 0.912 bits per heavy atom. The molecule has 0 spiro atoms. The second-order valence-electron chi connectivity index (χ2n) is 8.14. The van der Waals surface area contributed by atoms with Gasteiger partial charge in [0, 0.05) is 25.6 Å². The van der Waals surface area contributed by atoms with E-state index in [0.717, 1.165) is 44.6 Å². The Kier molecular flexibility index (Phi) is 5.51. The molecule has 6 nitrogen and oxygen atoms in total. The fourth-order valence-corrected chi connectivity index (χ4v) is 4.65. The molecule has 0 aliphatic rings. The minimum atomic E-state index is -0.970. The van der Waals surface area contributed by atoms with Crippen LogP contribution in [0.25, 0.3) is 22.0 Å². The van der Waals surface area contributed by atoms with Crippen molar-refractivity contribution in [3.63, 3.8) is 0 Å². The summed E-state index contributed by atoms with van der Waals surface area (Å²) >= 11 is 0. The lowest BCUT2D eigenvalue weighted by molar-refractivity contribution is 0.0551. The zero-order valence-corrected chi connectivity index (χ0v) is 19.3. The molecule has 1 unspecified atom stereocenters. The monoisotopic (exact) mass is 451 g/mol. The molecule has 0 saturated carbocycles. The minimum absolute atomic E-state index is 0.0570. The second kappa shape index (κ2) is 8.65. The van der Waals surface area contributed by atoms with Gasteiger partial charge in [-0.15, -0.1) is 0 Å². The molecule has 0 bridgehead atoms. The summed E-state index contributed by atoms with van der Waals surface area (Å²) in [5.74, 6) is 0.728. The lowest BCUT2D eigenvalue weighted by atomic mass is 9.82. The number of pyridine rings is 1. The zero-order chi connectivity index (χ0) is 23.7. The summed E-state index contributed by atoms with van der Waals surface area (Å²) in [5, 5.41) is 0.953. The van der Waals surface area contributed by atoms with Crippen molar-refractivity contribution >= 4 is 10.9 Å². The Labute approximate surface area is 197 Å². The predicted octanol–water partition coefficient (Wildman–Crippen LogP) is 4.88. The minimum Gasteiger partial charge on any atom is -0.497 e. The lowest BCUT2D eigenvalue weighted by Crippen LogP contribution is -2.32. The average Bonchev–Trinajstić information content (AvgIpc) is 3.43. The summed E-state index contributed by atoms with van der Waals surface area (Å²) in [6.07, 6.45) is 3.41. The molecule has 3 aromatic carbocycles. The van der Waals surface area contributed by atoms with Crippen molar-refractivity contribution < 1.29 is 9.47 Å². The van der Waals surface area contributed by atoms with Gasteiger partial charge in [-0.3, -0.25) is 4.79 Å². The molecule has 0 amide bonds. The highest BCUT2D eigenvalue weighted by molar-refractivity contribution is 5.95.